The first-order chi connectivity index (χ1) is 9.86. The smallest absolute Gasteiger partial charge is 0.307 e. The van der Waals surface area contributed by atoms with Crippen molar-refractivity contribution in [3.63, 3.8) is 0 Å². The number of hydrogen-bond donors (Lipinski definition) is 1. The van der Waals surface area contributed by atoms with Gasteiger partial charge in [0.15, 0.2) is 0 Å². The monoisotopic (exact) mass is 284 g/mol. The number of aromatic nitrogens is 2. The van der Waals surface area contributed by atoms with Crippen LogP contribution in [0.5, 0.6) is 0 Å². The summed E-state index contributed by atoms with van der Waals surface area (Å²) in [7, 11) is 0. The van der Waals surface area contributed by atoms with E-state index in [2.05, 4.69) is 42.0 Å². The Morgan fingerprint density at radius 1 is 1.05 bits per heavy atom. The first-order valence-electron chi connectivity index (χ1n) is 6.97. The van der Waals surface area contributed by atoms with E-state index in [4.69, 9.17) is 5.11 Å². The lowest BCUT2D eigenvalue weighted by Crippen LogP contribution is -2.10. The molecule has 0 aliphatic carbocycles. The van der Waals surface area contributed by atoms with E-state index < -0.39 is 5.97 Å². The predicted molar refractivity (Wildman–Crippen MR) is 81.6 cm³/mol. The molecule has 0 amide bonds. The number of aliphatic carboxylic acids is 1. The van der Waals surface area contributed by atoms with E-state index in [0.29, 0.717) is 12.0 Å². The van der Waals surface area contributed by atoms with Crippen LogP contribution in [0.15, 0.2) is 18.2 Å². The highest BCUT2D eigenvalue weighted by Crippen LogP contribution is 2.15. The number of nitrogens with zero attached hydrogens (tertiary/aromatic N) is 2. The Hall–Kier alpha value is -2.23. The third kappa shape index (κ3) is 3.66. The van der Waals surface area contributed by atoms with Gasteiger partial charge in [0.2, 0.25) is 0 Å². The molecular formula is C17H20N2O2. The molecule has 0 atom stereocenters. The van der Waals surface area contributed by atoms with Gasteiger partial charge in [-0.1, -0.05) is 18.2 Å². The van der Waals surface area contributed by atoms with Crippen LogP contribution >= 0.6 is 0 Å². The van der Waals surface area contributed by atoms with Crippen LogP contribution in [0, 0.1) is 27.7 Å². The van der Waals surface area contributed by atoms with Gasteiger partial charge in [0.25, 0.3) is 0 Å². The molecule has 110 valence electrons. The third-order valence-corrected chi connectivity index (χ3v) is 3.73. The molecular weight excluding hydrogens is 264 g/mol. The Morgan fingerprint density at radius 2 is 1.67 bits per heavy atom. The van der Waals surface area contributed by atoms with Gasteiger partial charge in [0.05, 0.1) is 6.42 Å². The minimum absolute atomic E-state index is 0.0262. The maximum absolute atomic E-state index is 10.9. The molecule has 0 aliphatic rings. The van der Waals surface area contributed by atoms with Crippen LogP contribution in [-0.4, -0.2) is 21.0 Å². The summed E-state index contributed by atoms with van der Waals surface area (Å²) in [5.41, 5.74) is 5.91. The third-order valence-electron chi connectivity index (χ3n) is 3.73. The Morgan fingerprint density at radius 3 is 2.19 bits per heavy atom. The fraction of sp³-hybridized carbons (Fsp3) is 0.353. The van der Waals surface area contributed by atoms with E-state index >= 15 is 0 Å². The highest BCUT2D eigenvalue weighted by molar-refractivity contribution is 5.70. The first-order valence-corrected chi connectivity index (χ1v) is 6.97. The molecule has 4 heteroatoms. The second-order valence-corrected chi connectivity index (χ2v) is 5.46. The fourth-order valence-electron chi connectivity index (χ4n) is 2.39. The summed E-state index contributed by atoms with van der Waals surface area (Å²) in [6.07, 6.45) is 0.637. The van der Waals surface area contributed by atoms with E-state index in [-0.39, 0.29) is 6.42 Å². The molecule has 0 bridgehead atoms. The van der Waals surface area contributed by atoms with Gasteiger partial charge in [0.1, 0.15) is 5.82 Å². The maximum Gasteiger partial charge on any atom is 0.307 e. The average Bonchev–Trinajstić information content (AvgIpc) is 2.38. The van der Waals surface area contributed by atoms with Crippen molar-refractivity contribution in [1.82, 2.24) is 9.97 Å². The summed E-state index contributed by atoms with van der Waals surface area (Å²) in [6.45, 7) is 7.87. The van der Waals surface area contributed by atoms with Crippen LogP contribution in [0.1, 0.15) is 39.5 Å². The molecule has 4 nitrogen and oxygen atoms in total. The summed E-state index contributed by atoms with van der Waals surface area (Å²) >= 11 is 0. The molecule has 2 aromatic rings. The zero-order valence-electron chi connectivity index (χ0n) is 12.9. The quantitative estimate of drug-likeness (QED) is 0.937. The van der Waals surface area contributed by atoms with Gasteiger partial charge < -0.3 is 5.11 Å². The fourth-order valence-corrected chi connectivity index (χ4v) is 2.39. The van der Waals surface area contributed by atoms with E-state index in [1.807, 2.05) is 13.8 Å². The number of benzene rings is 1. The Kier molecular flexibility index (Phi) is 4.36. The molecule has 1 heterocycles. The van der Waals surface area contributed by atoms with Crippen LogP contribution in [-0.2, 0) is 17.6 Å². The number of carbonyl (C=O) groups is 1. The Balaban J connectivity index is 2.29. The highest BCUT2D eigenvalue weighted by atomic mass is 16.4. The molecule has 0 unspecified atom stereocenters. The van der Waals surface area contributed by atoms with Gasteiger partial charge in [-0.25, -0.2) is 9.97 Å². The van der Waals surface area contributed by atoms with Crippen molar-refractivity contribution in [2.45, 2.75) is 40.5 Å². The van der Waals surface area contributed by atoms with Crippen LogP contribution in [0.3, 0.4) is 0 Å². The summed E-state index contributed by atoms with van der Waals surface area (Å²) in [4.78, 5) is 19.8. The number of aryl methyl sites for hydroxylation is 4. The number of hydrogen-bond acceptors (Lipinski definition) is 3. The Labute approximate surface area is 124 Å². The minimum Gasteiger partial charge on any atom is -0.481 e. The number of carboxylic acid groups (broad SMARTS) is 1. The molecule has 2 rings (SSSR count). The second-order valence-electron chi connectivity index (χ2n) is 5.46. The molecule has 21 heavy (non-hydrogen) atoms. The van der Waals surface area contributed by atoms with Crippen LogP contribution in [0.25, 0.3) is 0 Å². The lowest BCUT2D eigenvalue weighted by molar-refractivity contribution is -0.136. The first kappa shape index (κ1) is 15.2. The van der Waals surface area contributed by atoms with Gasteiger partial charge in [-0.3, -0.25) is 4.79 Å². The summed E-state index contributed by atoms with van der Waals surface area (Å²) in [5, 5.41) is 8.92. The molecule has 0 saturated carbocycles. The van der Waals surface area contributed by atoms with Crippen LogP contribution in [0.2, 0.25) is 0 Å². The topological polar surface area (TPSA) is 63.1 Å². The van der Waals surface area contributed by atoms with E-state index in [0.717, 1.165) is 17.2 Å². The van der Waals surface area contributed by atoms with Gasteiger partial charge >= 0.3 is 5.97 Å². The molecule has 1 N–H and O–H groups in total. The minimum atomic E-state index is -0.855. The van der Waals surface area contributed by atoms with Crippen molar-refractivity contribution < 1.29 is 9.90 Å². The van der Waals surface area contributed by atoms with Crippen molar-refractivity contribution >= 4 is 5.97 Å². The van der Waals surface area contributed by atoms with Crippen molar-refractivity contribution in [3.8, 4) is 0 Å². The van der Waals surface area contributed by atoms with Gasteiger partial charge in [-0.15, -0.1) is 0 Å². The largest absolute Gasteiger partial charge is 0.481 e. The van der Waals surface area contributed by atoms with Gasteiger partial charge in [0, 0.05) is 23.4 Å². The van der Waals surface area contributed by atoms with Crippen molar-refractivity contribution in [1.29, 1.82) is 0 Å². The van der Waals surface area contributed by atoms with Gasteiger partial charge in [-0.05, 0) is 44.4 Å². The van der Waals surface area contributed by atoms with E-state index in [9.17, 15) is 4.79 Å². The van der Waals surface area contributed by atoms with Crippen LogP contribution < -0.4 is 0 Å². The molecule has 0 aliphatic heterocycles. The van der Waals surface area contributed by atoms with Gasteiger partial charge in [-0.2, -0.15) is 0 Å². The second kappa shape index (κ2) is 6.04. The molecule has 0 spiro atoms. The summed E-state index contributed by atoms with van der Waals surface area (Å²) < 4.78 is 0. The summed E-state index contributed by atoms with van der Waals surface area (Å²) in [6, 6.07) is 6.33. The lowest BCUT2D eigenvalue weighted by Gasteiger charge is -2.10. The normalized spacial score (nSPS) is 10.7. The zero-order valence-corrected chi connectivity index (χ0v) is 12.9. The molecule has 1 aromatic heterocycles. The maximum atomic E-state index is 10.9. The lowest BCUT2D eigenvalue weighted by atomic mass is 10.0. The average molecular weight is 284 g/mol. The number of carboxylic acids is 1. The zero-order chi connectivity index (χ0) is 15.6. The van der Waals surface area contributed by atoms with Crippen molar-refractivity contribution in [3.05, 3.63) is 57.7 Å². The highest BCUT2D eigenvalue weighted by Gasteiger charge is 2.12. The van der Waals surface area contributed by atoms with Crippen LogP contribution in [0.4, 0.5) is 0 Å². The van der Waals surface area contributed by atoms with Crippen molar-refractivity contribution in [2.75, 3.05) is 0 Å². The molecule has 1 aromatic carbocycles. The molecule has 0 fully saturated rings. The predicted octanol–water partition coefficient (Wildman–Crippen LogP) is 2.93. The van der Waals surface area contributed by atoms with E-state index in [1.165, 1.54) is 16.7 Å². The summed E-state index contributed by atoms with van der Waals surface area (Å²) in [5.74, 6) is -0.117. The number of rotatable bonds is 4. The van der Waals surface area contributed by atoms with E-state index in [1.54, 1.807) is 0 Å². The molecule has 0 saturated heterocycles. The SMILES string of the molecule is Cc1ccc(Cc2nc(C)c(CC(=O)O)c(C)n2)cc1C. The van der Waals surface area contributed by atoms with Crippen molar-refractivity contribution in [2.24, 2.45) is 0 Å². The Bertz CT molecular complexity index is 670. The molecule has 0 radical (unpaired) electrons. The standard InChI is InChI=1S/C17H20N2O2/c1-10-5-6-14(7-11(10)2)8-16-18-12(3)15(9-17(20)21)13(4)19-16/h5-7H,8-9H2,1-4H3,(H,20,21).